The van der Waals surface area contributed by atoms with Crippen LogP contribution in [0.2, 0.25) is 0 Å². The lowest BCUT2D eigenvalue weighted by Gasteiger charge is -2.18. The van der Waals surface area contributed by atoms with Crippen molar-refractivity contribution in [1.82, 2.24) is 0 Å². The van der Waals surface area contributed by atoms with Crippen LogP contribution in [0.3, 0.4) is 0 Å². The largest absolute Gasteiger partial charge is 0.484 e. The number of carbonyl (C=O) groups is 3. The van der Waals surface area contributed by atoms with Gasteiger partial charge in [0.15, 0.2) is 12.4 Å². The van der Waals surface area contributed by atoms with E-state index in [1.54, 1.807) is 18.2 Å². The van der Waals surface area contributed by atoms with Crippen molar-refractivity contribution in [1.29, 1.82) is 0 Å². The van der Waals surface area contributed by atoms with Crippen LogP contribution in [-0.4, -0.2) is 24.3 Å². The smallest absolute Gasteiger partial charge is 0.418 e. The van der Waals surface area contributed by atoms with E-state index in [0.29, 0.717) is 24.3 Å². The maximum atomic E-state index is 13.6. The molecule has 1 aliphatic heterocycles. The Labute approximate surface area is 191 Å². The van der Waals surface area contributed by atoms with Crippen molar-refractivity contribution in [2.75, 3.05) is 22.6 Å². The summed E-state index contributed by atoms with van der Waals surface area (Å²) in [6.07, 6.45) is -2.69. The van der Waals surface area contributed by atoms with Crippen LogP contribution in [0.15, 0.2) is 59.2 Å². The highest BCUT2D eigenvalue weighted by Crippen LogP contribution is 2.37. The number of rotatable bonds is 6. The number of anilines is 3. The van der Waals surface area contributed by atoms with E-state index in [1.807, 2.05) is 0 Å². The van der Waals surface area contributed by atoms with Gasteiger partial charge < -0.3 is 25.1 Å². The third kappa shape index (κ3) is 5.37. The summed E-state index contributed by atoms with van der Waals surface area (Å²) in [7, 11) is 0. The van der Waals surface area contributed by atoms with Crippen LogP contribution < -0.4 is 20.7 Å². The average molecular weight is 473 g/mol. The standard InChI is InChI=1S/C23H18F3N3O5/c24-23(25,26)16-11-14(27-22(32)19-2-1-9-33-19)4-6-18(16)29-21(31)12-34-15-5-7-17-13(10-15)3-8-20(30)28-17/h1-2,4-7,9-11H,3,8,12H2,(H,27,32)(H,28,30)(H,29,31). The Hall–Kier alpha value is -4.28. The van der Waals surface area contributed by atoms with E-state index in [9.17, 15) is 27.6 Å². The molecule has 0 atom stereocenters. The first-order valence-electron chi connectivity index (χ1n) is 10.1. The third-order valence-electron chi connectivity index (χ3n) is 4.94. The van der Waals surface area contributed by atoms with Gasteiger partial charge in [0.05, 0.1) is 17.5 Å². The highest BCUT2D eigenvalue weighted by molar-refractivity contribution is 6.02. The molecule has 3 N–H and O–H groups in total. The number of hydrogen-bond acceptors (Lipinski definition) is 5. The van der Waals surface area contributed by atoms with E-state index in [-0.39, 0.29) is 17.4 Å². The molecule has 3 amide bonds. The zero-order chi connectivity index (χ0) is 24.3. The molecule has 2 aromatic carbocycles. The number of fused-ring (bicyclic) bond motifs is 1. The molecule has 176 valence electrons. The Kier molecular flexibility index (Phi) is 6.26. The molecule has 3 aromatic rings. The minimum Gasteiger partial charge on any atom is -0.484 e. The number of carbonyl (C=O) groups excluding carboxylic acids is 3. The maximum Gasteiger partial charge on any atom is 0.418 e. The Morgan fingerprint density at radius 1 is 1.06 bits per heavy atom. The second kappa shape index (κ2) is 9.30. The predicted molar refractivity (Wildman–Crippen MR) is 116 cm³/mol. The fourth-order valence-electron chi connectivity index (χ4n) is 3.35. The second-order valence-corrected chi connectivity index (χ2v) is 7.39. The quantitative estimate of drug-likeness (QED) is 0.490. The number of benzene rings is 2. The first-order chi connectivity index (χ1) is 16.2. The van der Waals surface area contributed by atoms with Crippen LogP contribution >= 0.6 is 0 Å². The van der Waals surface area contributed by atoms with Crippen molar-refractivity contribution in [2.24, 2.45) is 0 Å². The number of hydrogen-bond donors (Lipinski definition) is 3. The van der Waals surface area contributed by atoms with Crippen molar-refractivity contribution >= 4 is 34.8 Å². The van der Waals surface area contributed by atoms with Gasteiger partial charge in [0.25, 0.3) is 11.8 Å². The molecular weight excluding hydrogens is 455 g/mol. The molecule has 0 spiro atoms. The van der Waals surface area contributed by atoms with Crippen molar-refractivity contribution in [3.63, 3.8) is 0 Å². The monoisotopic (exact) mass is 473 g/mol. The first-order valence-corrected chi connectivity index (χ1v) is 10.1. The van der Waals surface area contributed by atoms with Crippen LogP contribution in [0.1, 0.15) is 28.1 Å². The SMILES string of the molecule is O=C1CCc2cc(OCC(=O)Nc3ccc(NC(=O)c4ccco4)cc3C(F)(F)F)ccc2N1. The highest BCUT2D eigenvalue weighted by Gasteiger charge is 2.34. The fraction of sp³-hybridized carbons (Fsp3) is 0.174. The van der Waals surface area contributed by atoms with E-state index in [2.05, 4.69) is 16.0 Å². The van der Waals surface area contributed by atoms with Crippen LogP contribution in [0, 0.1) is 0 Å². The molecule has 1 aromatic heterocycles. The fourth-order valence-corrected chi connectivity index (χ4v) is 3.35. The van der Waals surface area contributed by atoms with Gasteiger partial charge in [-0.15, -0.1) is 0 Å². The van der Waals surface area contributed by atoms with E-state index in [0.717, 1.165) is 17.7 Å². The van der Waals surface area contributed by atoms with Crippen LogP contribution in [0.5, 0.6) is 5.75 Å². The van der Waals surface area contributed by atoms with E-state index in [4.69, 9.17) is 9.15 Å². The van der Waals surface area contributed by atoms with Gasteiger partial charge >= 0.3 is 6.18 Å². The lowest BCUT2D eigenvalue weighted by molar-refractivity contribution is -0.137. The normalized spacial score (nSPS) is 13.0. The van der Waals surface area contributed by atoms with Crippen molar-refractivity contribution < 1.29 is 36.7 Å². The Balaban J connectivity index is 1.42. The van der Waals surface area contributed by atoms with Crippen molar-refractivity contribution in [2.45, 2.75) is 19.0 Å². The molecule has 0 radical (unpaired) electrons. The van der Waals surface area contributed by atoms with Crippen LogP contribution in [-0.2, 0) is 22.2 Å². The van der Waals surface area contributed by atoms with E-state index < -0.39 is 35.8 Å². The number of nitrogens with one attached hydrogen (secondary N) is 3. The number of aryl methyl sites for hydroxylation is 1. The molecule has 11 heteroatoms. The number of furan rings is 1. The second-order valence-electron chi connectivity index (χ2n) is 7.39. The maximum absolute atomic E-state index is 13.6. The zero-order valence-corrected chi connectivity index (χ0v) is 17.5. The molecule has 0 aliphatic carbocycles. The molecule has 4 rings (SSSR count). The van der Waals surface area contributed by atoms with Gasteiger partial charge in [-0.25, -0.2) is 0 Å². The predicted octanol–water partition coefficient (Wildman–Crippen LogP) is 4.45. The number of halogens is 3. The molecular formula is C23H18F3N3O5. The van der Waals surface area contributed by atoms with Gasteiger partial charge in [0, 0.05) is 17.8 Å². The summed E-state index contributed by atoms with van der Waals surface area (Å²) in [4.78, 5) is 35.7. The summed E-state index contributed by atoms with van der Waals surface area (Å²) in [5.41, 5.74) is -0.247. The Bertz CT molecular complexity index is 1240. The van der Waals surface area contributed by atoms with Gasteiger partial charge in [-0.3, -0.25) is 14.4 Å². The molecule has 34 heavy (non-hydrogen) atoms. The molecule has 1 aliphatic rings. The van der Waals surface area contributed by atoms with E-state index in [1.165, 1.54) is 24.5 Å². The van der Waals surface area contributed by atoms with Gasteiger partial charge in [-0.05, 0) is 60.5 Å². The Morgan fingerprint density at radius 2 is 1.88 bits per heavy atom. The van der Waals surface area contributed by atoms with Gasteiger partial charge in [0.1, 0.15) is 5.75 Å². The van der Waals surface area contributed by atoms with E-state index >= 15 is 0 Å². The lowest BCUT2D eigenvalue weighted by atomic mass is 10.0. The van der Waals surface area contributed by atoms with Crippen molar-refractivity contribution in [3.05, 3.63) is 71.7 Å². The molecule has 0 bridgehead atoms. The summed E-state index contributed by atoms with van der Waals surface area (Å²) in [6.45, 7) is -0.528. The first kappa shape index (κ1) is 22.9. The third-order valence-corrected chi connectivity index (χ3v) is 4.94. The van der Waals surface area contributed by atoms with Gasteiger partial charge in [0.2, 0.25) is 5.91 Å². The molecule has 2 heterocycles. The lowest BCUT2D eigenvalue weighted by Crippen LogP contribution is -2.23. The summed E-state index contributed by atoms with van der Waals surface area (Å²) < 4.78 is 51.1. The zero-order valence-electron chi connectivity index (χ0n) is 17.5. The molecule has 0 fully saturated rings. The summed E-state index contributed by atoms with van der Waals surface area (Å²) in [5.74, 6) is -1.32. The topological polar surface area (TPSA) is 110 Å². The summed E-state index contributed by atoms with van der Waals surface area (Å²) >= 11 is 0. The molecule has 0 saturated heterocycles. The average Bonchev–Trinajstić information content (AvgIpc) is 3.33. The summed E-state index contributed by atoms with van der Waals surface area (Å²) in [6, 6.07) is 10.7. The number of ether oxygens (including phenoxy) is 1. The van der Waals surface area contributed by atoms with Crippen LogP contribution in [0.25, 0.3) is 0 Å². The highest BCUT2D eigenvalue weighted by atomic mass is 19.4. The summed E-state index contributed by atoms with van der Waals surface area (Å²) in [5, 5.41) is 7.22. The van der Waals surface area contributed by atoms with Gasteiger partial charge in [-0.2, -0.15) is 13.2 Å². The number of amides is 3. The van der Waals surface area contributed by atoms with Crippen LogP contribution in [0.4, 0.5) is 30.2 Å². The minimum absolute atomic E-state index is 0.0624. The molecule has 0 saturated carbocycles. The van der Waals surface area contributed by atoms with Gasteiger partial charge in [-0.1, -0.05) is 0 Å². The number of alkyl halides is 3. The minimum atomic E-state index is -4.79. The Morgan fingerprint density at radius 3 is 2.62 bits per heavy atom. The molecule has 0 unspecified atom stereocenters. The van der Waals surface area contributed by atoms with Crippen molar-refractivity contribution in [3.8, 4) is 5.75 Å². The molecule has 8 nitrogen and oxygen atoms in total.